The molecule has 1 aromatic heterocycles. The molecule has 7 heteroatoms. The van der Waals surface area contributed by atoms with Crippen LogP contribution in [0, 0.1) is 0 Å². The van der Waals surface area contributed by atoms with Gasteiger partial charge in [0.05, 0.1) is 24.8 Å². The van der Waals surface area contributed by atoms with E-state index in [0.717, 1.165) is 44.3 Å². The van der Waals surface area contributed by atoms with Crippen LogP contribution in [0.5, 0.6) is 0 Å². The summed E-state index contributed by atoms with van der Waals surface area (Å²) in [5.41, 5.74) is 2.71. The van der Waals surface area contributed by atoms with Crippen LogP contribution in [0.1, 0.15) is 55.5 Å². The molecule has 0 saturated heterocycles. The predicted octanol–water partition coefficient (Wildman–Crippen LogP) is 5.31. The number of rotatable bonds is 11. The molecule has 0 bridgehead atoms. The fourth-order valence-electron chi connectivity index (χ4n) is 3.62. The second-order valence-corrected chi connectivity index (χ2v) is 7.85. The number of hydrogen-bond acceptors (Lipinski definition) is 5. The molecule has 3 aromatic rings. The van der Waals surface area contributed by atoms with E-state index in [1.807, 2.05) is 34.9 Å². The van der Waals surface area contributed by atoms with E-state index in [1.165, 1.54) is 7.11 Å². The molecule has 1 N–H and O–H groups in total. The molecule has 0 aliphatic carbocycles. The molecular weight excluding hydrogens is 404 g/mol. The number of benzene rings is 2. The number of nitrogens with one attached hydrogen (secondary N) is 1. The number of ketones is 1. The summed E-state index contributed by atoms with van der Waals surface area (Å²) in [6, 6.07) is 14.7. The van der Waals surface area contributed by atoms with Gasteiger partial charge in [0.15, 0.2) is 5.78 Å². The molecule has 1 amide bonds. The van der Waals surface area contributed by atoms with Crippen molar-refractivity contribution in [3.8, 4) is 0 Å². The van der Waals surface area contributed by atoms with Gasteiger partial charge in [-0.2, -0.15) is 0 Å². The van der Waals surface area contributed by atoms with Gasteiger partial charge in [0, 0.05) is 11.1 Å². The quantitative estimate of drug-likeness (QED) is 0.413. The number of carbonyl (C=O) groups is 2. The Balaban J connectivity index is 1.97. The number of ether oxygens (including phenoxy) is 1. The van der Waals surface area contributed by atoms with Crippen LogP contribution in [0.15, 0.2) is 48.5 Å². The van der Waals surface area contributed by atoms with E-state index in [9.17, 15) is 9.59 Å². The number of unbranched alkanes of at least 4 members (excludes halogenated alkanes) is 2. The summed E-state index contributed by atoms with van der Waals surface area (Å²) in [5.74, 6) is 0.353. The first-order valence-corrected chi connectivity index (χ1v) is 11.2. The number of anilines is 1. The second-order valence-electron chi connectivity index (χ2n) is 7.85. The highest BCUT2D eigenvalue weighted by Crippen LogP contribution is 2.23. The first-order chi connectivity index (χ1) is 15.6. The Morgan fingerprint density at radius 1 is 1.00 bits per heavy atom. The van der Waals surface area contributed by atoms with E-state index in [4.69, 9.17) is 4.74 Å². The molecule has 0 atom stereocenters. The van der Waals surface area contributed by atoms with Crippen molar-refractivity contribution in [2.45, 2.75) is 46.2 Å². The summed E-state index contributed by atoms with van der Waals surface area (Å²) in [4.78, 5) is 31.8. The summed E-state index contributed by atoms with van der Waals surface area (Å²) in [5, 5.41) is 2.73. The molecular formula is C25H32N4O3. The van der Waals surface area contributed by atoms with E-state index in [-0.39, 0.29) is 5.78 Å². The Labute approximate surface area is 189 Å². The van der Waals surface area contributed by atoms with Crippen LogP contribution in [0.25, 0.3) is 11.0 Å². The number of hydrogen-bond donors (Lipinski definition) is 1. The number of methoxy groups -OCH3 is 1. The lowest BCUT2D eigenvalue weighted by atomic mass is 10.0. The molecule has 0 aliphatic heterocycles. The van der Waals surface area contributed by atoms with Crippen molar-refractivity contribution in [1.82, 2.24) is 14.5 Å². The lowest BCUT2D eigenvalue weighted by Gasteiger charge is -2.24. The normalized spacial score (nSPS) is 11.1. The van der Waals surface area contributed by atoms with Gasteiger partial charge in [-0.25, -0.2) is 9.78 Å². The number of fused-ring (bicyclic) bond motifs is 1. The van der Waals surface area contributed by atoms with Crippen LogP contribution < -0.4 is 5.32 Å². The third-order valence-electron chi connectivity index (χ3n) is 5.44. The molecule has 0 fully saturated rings. The zero-order valence-corrected chi connectivity index (χ0v) is 19.1. The Morgan fingerprint density at radius 2 is 1.69 bits per heavy atom. The molecule has 2 aromatic carbocycles. The van der Waals surface area contributed by atoms with E-state index in [1.54, 1.807) is 18.2 Å². The lowest BCUT2D eigenvalue weighted by Crippen LogP contribution is -2.29. The number of aromatic nitrogens is 2. The monoisotopic (exact) mass is 436 g/mol. The fourth-order valence-corrected chi connectivity index (χ4v) is 3.62. The van der Waals surface area contributed by atoms with Crippen LogP contribution in [0.4, 0.5) is 10.7 Å². The van der Waals surface area contributed by atoms with Crippen molar-refractivity contribution in [2.75, 3.05) is 25.5 Å². The summed E-state index contributed by atoms with van der Waals surface area (Å²) < 4.78 is 6.77. The number of imidazole rings is 1. The second kappa shape index (κ2) is 11.4. The number of amides is 1. The Kier molecular flexibility index (Phi) is 8.39. The fraction of sp³-hybridized carbons (Fsp3) is 0.400. The third kappa shape index (κ3) is 5.73. The zero-order chi connectivity index (χ0) is 22.9. The smallest absolute Gasteiger partial charge is 0.413 e. The molecule has 170 valence electrons. The van der Waals surface area contributed by atoms with Crippen LogP contribution in [0.3, 0.4) is 0 Å². The average Bonchev–Trinajstić information content (AvgIpc) is 3.16. The first-order valence-electron chi connectivity index (χ1n) is 11.2. The number of nitrogens with zero attached hydrogens (tertiary/aromatic N) is 3. The minimum atomic E-state index is -0.573. The van der Waals surface area contributed by atoms with E-state index < -0.39 is 6.09 Å². The van der Waals surface area contributed by atoms with Gasteiger partial charge in [0.2, 0.25) is 5.95 Å². The largest absolute Gasteiger partial charge is 0.453 e. The molecule has 3 rings (SSSR count). The van der Waals surface area contributed by atoms with Crippen molar-refractivity contribution in [3.63, 3.8) is 0 Å². The van der Waals surface area contributed by atoms with Gasteiger partial charge in [0.25, 0.3) is 0 Å². The molecule has 1 heterocycles. The van der Waals surface area contributed by atoms with Crippen LogP contribution >= 0.6 is 0 Å². The van der Waals surface area contributed by atoms with Crippen LogP contribution in [-0.4, -0.2) is 46.5 Å². The molecule has 0 radical (unpaired) electrons. The van der Waals surface area contributed by atoms with E-state index >= 15 is 0 Å². The van der Waals surface area contributed by atoms with Gasteiger partial charge in [0.1, 0.15) is 0 Å². The SMILES string of the molecule is CCCCN(CCCC)Cn1c(NC(=O)OC)nc2cc(C(=O)c3ccccc3)ccc21. The summed E-state index contributed by atoms with van der Waals surface area (Å²) in [7, 11) is 1.33. The topological polar surface area (TPSA) is 76.5 Å². The van der Waals surface area contributed by atoms with Crippen molar-refractivity contribution < 1.29 is 14.3 Å². The van der Waals surface area contributed by atoms with Crippen molar-refractivity contribution in [3.05, 3.63) is 59.7 Å². The maximum Gasteiger partial charge on any atom is 0.413 e. The highest BCUT2D eigenvalue weighted by Gasteiger charge is 2.18. The maximum absolute atomic E-state index is 12.9. The molecule has 7 nitrogen and oxygen atoms in total. The summed E-state index contributed by atoms with van der Waals surface area (Å²) in [6.45, 7) is 6.90. The third-order valence-corrected chi connectivity index (χ3v) is 5.44. The predicted molar refractivity (Wildman–Crippen MR) is 127 cm³/mol. The molecule has 0 saturated carbocycles. The molecule has 32 heavy (non-hydrogen) atoms. The van der Waals surface area contributed by atoms with Gasteiger partial charge in [-0.05, 0) is 44.1 Å². The highest BCUT2D eigenvalue weighted by molar-refractivity contribution is 6.10. The first kappa shape index (κ1) is 23.5. The minimum Gasteiger partial charge on any atom is -0.453 e. The number of carbonyl (C=O) groups excluding carboxylic acids is 2. The molecule has 0 aliphatic rings. The van der Waals surface area contributed by atoms with Crippen LogP contribution in [0.2, 0.25) is 0 Å². The maximum atomic E-state index is 12.9. The van der Waals surface area contributed by atoms with Crippen LogP contribution in [-0.2, 0) is 11.4 Å². The average molecular weight is 437 g/mol. The Bertz CT molecular complexity index is 1040. The van der Waals surface area contributed by atoms with Gasteiger partial charge in [-0.15, -0.1) is 0 Å². The summed E-state index contributed by atoms with van der Waals surface area (Å²) >= 11 is 0. The van der Waals surface area contributed by atoms with E-state index in [0.29, 0.717) is 29.3 Å². The van der Waals surface area contributed by atoms with Gasteiger partial charge in [-0.3, -0.25) is 19.6 Å². The Hall–Kier alpha value is -3.19. The zero-order valence-electron chi connectivity index (χ0n) is 19.1. The molecule has 0 spiro atoms. The van der Waals surface area contributed by atoms with Crippen molar-refractivity contribution in [1.29, 1.82) is 0 Å². The van der Waals surface area contributed by atoms with Gasteiger partial charge < -0.3 is 4.74 Å². The van der Waals surface area contributed by atoms with Gasteiger partial charge >= 0.3 is 6.09 Å². The van der Waals surface area contributed by atoms with Crippen molar-refractivity contribution in [2.24, 2.45) is 0 Å². The lowest BCUT2D eigenvalue weighted by molar-refractivity contribution is 0.103. The minimum absolute atomic E-state index is 0.0583. The summed E-state index contributed by atoms with van der Waals surface area (Å²) in [6.07, 6.45) is 3.87. The molecule has 0 unspecified atom stereocenters. The standard InChI is InChI=1S/C25H32N4O3/c1-4-6-15-28(16-7-5-2)18-29-22-14-13-20(23(30)19-11-9-8-10-12-19)17-21(22)26-24(29)27-25(31)32-3/h8-14,17H,4-7,15-16,18H2,1-3H3,(H,26,27,31). The highest BCUT2D eigenvalue weighted by atomic mass is 16.5. The van der Waals surface area contributed by atoms with Crippen molar-refractivity contribution >= 4 is 28.9 Å². The van der Waals surface area contributed by atoms with E-state index in [2.05, 4.69) is 29.0 Å². The van der Waals surface area contributed by atoms with Gasteiger partial charge in [-0.1, -0.05) is 57.0 Å². The Morgan fingerprint density at radius 3 is 2.31 bits per heavy atom.